The van der Waals surface area contributed by atoms with Gasteiger partial charge in [-0.2, -0.15) is 5.10 Å². The number of ether oxygens (including phenoxy) is 1. The number of aromatic nitrogens is 2. The molecule has 0 atom stereocenters. The summed E-state index contributed by atoms with van der Waals surface area (Å²) in [5.74, 6) is -0.254. The summed E-state index contributed by atoms with van der Waals surface area (Å²) in [6.07, 6.45) is 6.32. The van der Waals surface area contributed by atoms with E-state index in [2.05, 4.69) is 15.2 Å². The SMILES string of the molecule is CCC(=CCNCc1cnn(C)c1)C(=O)OC. The number of carbonyl (C=O) groups excluding carboxylic acids is 1. The maximum absolute atomic E-state index is 11.3. The van der Waals surface area contributed by atoms with Gasteiger partial charge in [0.2, 0.25) is 0 Å². The zero-order valence-corrected chi connectivity index (χ0v) is 10.6. The summed E-state index contributed by atoms with van der Waals surface area (Å²) >= 11 is 0. The first-order valence-electron chi connectivity index (χ1n) is 5.63. The Bertz CT molecular complexity index is 396. The lowest BCUT2D eigenvalue weighted by molar-refractivity contribution is -0.136. The minimum atomic E-state index is -0.254. The fourth-order valence-corrected chi connectivity index (χ4v) is 1.48. The number of nitrogens with one attached hydrogen (secondary N) is 1. The lowest BCUT2D eigenvalue weighted by Crippen LogP contribution is -2.14. The molecule has 0 bridgehead atoms. The number of rotatable bonds is 6. The smallest absolute Gasteiger partial charge is 0.333 e. The molecule has 0 saturated heterocycles. The molecule has 0 amide bonds. The van der Waals surface area contributed by atoms with Crippen LogP contribution in [0, 0.1) is 0 Å². The van der Waals surface area contributed by atoms with Crippen LogP contribution in [0.3, 0.4) is 0 Å². The van der Waals surface area contributed by atoms with Gasteiger partial charge in [0.1, 0.15) is 0 Å². The number of esters is 1. The van der Waals surface area contributed by atoms with E-state index in [9.17, 15) is 4.79 Å². The molecule has 0 radical (unpaired) electrons. The van der Waals surface area contributed by atoms with Crippen molar-refractivity contribution in [3.8, 4) is 0 Å². The van der Waals surface area contributed by atoms with Crippen LogP contribution in [0.1, 0.15) is 18.9 Å². The molecule has 0 aliphatic heterocycles. The summed E-state index contributed by atoms with van der Waals surface area (Å²) in [5, 5.41) is 7.30. The first kappa shape index (κ1) is 13.4. The molecular weight excluding hydrogens is 218 g/mol. The van der Waals surface area contributed by atoms with E-state index in [-0.39, 0.29) is 5.97 Å². The summed E-state index contributed by atoms with van der Waals surface area (Å²) in [4.78, 5) is 11.3. The summed E-state index contributed by atoms with van der Waals surface area (Å²) < 4.78 is 6.44. The van der Waals surface area contributed by atoms with Crippen LogP contribution in [0.2, 0.25) is 0 Å². The van der Waals surface area contributed by atoms with E-state index in [1.807, 2.05) is 32.4 Å². The lowest BCUT2D eigenvalue weighted by atomic mass is 10.2. The van der Waals surface area contributed by atoms with E-state index in [1.165, 1.54) is 7.11 Å². The maximum Gasteiger partial charge on any atom is 0.333 e. The molecule has 5 nitrogen and oxygen atoms in total. The highest BCUT2D eigenvalue weighted by molar-refractivity contribution is 5.88. The Hall–Kier alpha value is -1.62. The van der Waals surface area contributed by atoms with Gasteiger partial charge >= 0.3 is 5.97 Å². The van der Waals surface area contributed by atoms with Gasteiger partial charge in [-0.15, -0.1) is 0 Å². The molecule has 94 valence electrons. The summed E-state index contributed by atoms with van der Waals surface area (Å²) in [6, 6.07) is 0. The quantitative estimate of drug-likeness (QED) is 0.456. The molecule has 0 spiro atoms. The Labute approximate surface area is 101 Å². The van der Waals surface area contributed by atoms with Crippen LogP contribution >= 0.6 is 0 Å². The van der Waals surface area contributed by atoms with Crippen molar-refractivity contribution in [2.75, 3.05) is 13.7 Å². The molecule has 1 heterocycles. The summed E-state index contributed by atoms with van der Waals surface area (Å²) in [7, 11) is 3.28. The van der Waals surface area contributed by atoms with E-state index >= 15 is 0 Å². The molecule has 0 saturated carbocycles. The van der Waals surface area contributed by atoms with Crippen molar-refractivity contribution in [2.45, 2.75) is 19.9 Å². The summed E-state index contributed by atoms with van der Waals surface area (Å²) in [6.45, 7) is 3.32. The monoisotopic (exact) mass is 237 g/mol. The lowest BCUT2D eigenvalue weighted by Gasteiger charge is -2.03. The van der Waals surface area contributed by atoms with Gasteiger partial charge in [-0.1, -0.05) is 13.0 Å². The van der Waals surface area contributed by atoms with Gasteiger partial charge in [-0.3, -0.25) is 4.68 Å². The highest BCUT2D eigenvalue weighted by Crippen LogP contribution is 2.02. The van der Waals surface area contributed by atoms with Crippen molar-refractivity contribution in [1.29, 1.82) is 0 Å². The number of methoxy groups -OCH3 is 1. The first-order valence-corrected chi connectivity index (χ1v) is 5.63. The Morgan fingerprint density at radius 2 is 2.41 bits per heavy atom. The van der Waals surface area contributed by atoms with E-state index in [4.69, 9.17) is 0 Å². The van der Waals surface area contributed by atoms with Crippen molar-refractivity contribution >= 4 is 5.97 Å². The molecule has 0 aliphatic rings. The van der Waals surface area contributed by atoms with E-state index in [0.717, 1.165) is 12.1 Å². The standard InChI is InChI=1S/C12H19N3O2/c1-4-11(12(16)17-3)5-6-13-7-10-8-14-15(2)9-10/h5,8-9,13H,4,6-7H2,1-3H3. The average Bonchev–Trinajstić information content (AvgIpc) is 2.74. The van der Waals surface area contributed by atoms with E-state index < -0.39 is 0 Å². The third-order valence-corrected chi connectivity index (χ3v) is 2.41. The predicted molar refractivity (Wildman–Crippen MR) is 65.3 cm³/mol. The second-order valence-electron chi connectivity index (χ2n) is 3.73. The van der Waals surface area contributed by atoms with Crippen molar-refractivity contribution in [1.82, 2.24) is 15.1 Å². The molecule has 0 aromatic carbocycles. The largest absolute Gasteiger partial charge is 0.466 e. The molecule has 1 rings (SSSR count). The average molecular weight is 237 g/mol. The van der Waals surface area contributed by atoms with Crippen LogP contribution in [0.5, 0.6) is 0 Å². The van der Waals surface area contributed by atoms with Crippen LogP contribution in [0.15, 0.2) is 24.0 Å². The van der Waals surface area contributed by atoms with Gasteiger partial charge in [0.05, 0.1) is 13.3 Å². The normalized spacial score (nSPS) is 11.6. The highest BCUT2D eigenvalue weighted by Gasteiger charge is 2.05. The maximum atomic E-state index is 11.3. The number of aryl methyl sites for hydroxylation is 1. The minimum absolute atomic E-state index is 0.254. The first-order chi connectivity index (χ1) is 8.17. The van der Waals surface area contributed by atoms with Crippen molar-refractivity contribution < 1.29 is 9.53 Å². The third kappa shape index (κ3) is 4.40. The number of nitrogens with zero attached hydrogens (tertiary/aromatic N) is 2. The van der Waals surface area contributed by atoms with Crippen molar-refractivity contribution in [3.63, 3.8) is 0 Å². The molecule has 1 aromatic rings. The zero-order valence-electron chi connectivity index (χ0n) is 10.6. The topological polar surface area (TPSA) is 56.2 Å². The summed E-state index contributed by atoms with van der Waals surface area (Å²) in [5.41, 5.74) is 1.82. The van der Waals surface area contributed by atoms with Gasteiger partial charge in [0.25, 0.3) is 0 Å². The van der Waals surface area contributed by atoms with Gasteiger partial charge in [-0.05, 0) is 6.42 Å². The van der Waals surface area contributed by atoms with Crippen LogP contribution in [-0.2, 0) is 23.1 Å². The molecule has 17 heavy (non-hydrogen) atoms. The van der Waals surface area contributed by atoms with Crippen LogP contribution in [0.4, 0.5) is 0 Å². The zero-order chi connectivity index (χ0) is 12.7. The van der Waals surface area contributed by atoms with E-state index in [0.29, 0.717) is 18.5 Å². The number of hydrogen-bond donors (Lipinski definition) is 1. The fraction of sp³-hybridized carbons (Fsp3) is 0.500. The van der Waals surface area contributed by atoms with Crippen LogP contribution in [0.25, 0.3) is 0 Å². The second kappa shape index (κ2) is 6.85. The van der Waals surface area contributed by atoms with Gasteiger partial charge in [-0.25, -0.2) is 4.79 Å². The molecule has 0 aliphatic carbocycles. The molecule has 0 unspecified atom stereocenters. The third-order valence-electron chi connectivity index (χ3n) is 2.41. The molecular formula is C12H19N3O2. The molecule has 1 aromatic heterocycles. The Morgan fingerprint density at radius 1 is 1.65 bits per heavy atom. The minimum Gasteiger partial charge on any atom is -0.466 e. The molecule has 1 N–H and O–H groups in total. The second-order valence-corrected chi connectivity index (χ2v) is 3.73. The van der Waals surface area contributed by atoms with Gasteiger partial charge < -0.3 is 10.1 Å². The predicted octanol–water partition coefficient (Wildman–Crippen LogP) is 1.02. The van der Waals surface area contributed by atoms with E-state index in [1.54, 1.807) is 4.68 Å². The van der Waals surface area contributed by atoms with Gasteiger partial charge in [0, 0.05) is 37.5 Å². The highest BCUT2D eigenvalue weighted by atomic mass is 16.5. The van der Waals surface area contributed by atoms with Crippen molar-refractivity contribution in [2.24, 2.45) is 7.05 Å². The van der Waals surface area contributed by atoms with Crippen LogP contribution < -0.4 is 5.32 Å². The number of carbonyl (C=O) groups is 1. The Morgan fingerprint density at radius 3 is 2.94 bits per heavy atom. The van der Waals surface area contributed by atoms with Crippen molar-refractivity contribution in [3.05, 3.63) is 29.6 Å². The molecule has 5 heteroatoms. The Balaban J connectivity index is 2.35. The fourth-order valence-electron chi connectivity index (χ4n) is 1.48. The van der Waals surface area contributed by atoms with Crippen LogP contribution in [-0.4, -0.2) is 29.4 Å². The van der Waals surface area contributed by atoms with Gasteiger partial charge in [0.15, 0.2) is 0 Å². The Kier molecular flexibility index (Phi) is 5.42. The number of hydrogen-bond acceptors (Lipinski definition) is 4. The molecule has 0 fully saturated rings.